The average Bonchev–Trinajstić information content (AvgIpc) is 3.20. The van der Waals surface area contributed by atoms with E-state index in [9.17, 15) is 9.90 Å². The summed E-state index contributed by atoms with van der Waals surface area (Å²) in [5, 5.41) is 12.4. The zero-order valence-corrected chi connectivity index (χ0v) is 20.3. The molecule has 0 spiro atoms. The van der Waals surface area contributed by atoms with Crippen molar-refractivity contribution < 1.29 is 14.6 Å². The number of allylic oxidation sites excluding steroid dienone is 2. The number of rotatable bonds is 4. The van der Waals surface area contributed by atoms with Gasteiger partial charge >= 0.3 is 0 Å². The van der Waals surface area contributed by atoms with Gasteiger partial charge in [0.05, 0.1) is 12.7 Å². The molecule has 0 unspecified atom stereocenters. The lowest BCUT2D eigenvalue weighted by molar-refractivity contribution is -0.113. The second-order valence-corrected chi connectivity index (χ2v) is 11.6. The maximum absolute atomic E-state index is 12.2. The fourth-order valence-corrected chi connectivity index (χ4v) is 8.29. The van der Waals surface area contributed by atoms with E-state index in [1.165, 1.54) is 55.2 Å². The molecule has 0 atom stereocenters. The highest BCUT2D eigenvalue weighted by atomic mass is 16.5. The van der Waals surface area contributed by atoms with Crippen molar-refractivity contribution in [1.29, 1.82) is 0 Å². The summed E-state index contributed by atoms with van der Waals surface area (Å²) in [5.41, 5.74) is 5.47. The first-order valence-electron chi connectivity index (χ1n) is 13.2. The van der Waals surface area contributed by atoms with E-state index in [0.717, 1.165) is 39.8 Å². The van der Waals surface area contributed by atoms with Crippen LogP contribution in [0.1, 0.15) is 62.5 Å². The molecular weight excluding hydrogens is 432 g/mol. The number of carbonyl (C=O) groups excluding carboxylic acids is 1. The maximum atomic E-state index is 12.2. The Morgan fingerprint density at radius 2 is 1.34 bits per heavy atom. The van der Waals surface area contributed by atoms with E-state index in [1.807, 2.05) is 19.2 Å². The summed E-state index contributed by atoms with van der Waals surface area (Å²) in [6.45, 7) is 0. The third kappa shape index (κ3) is 3.35. The number of fused-ring (bicyclic) bond motifs is 1. The quantitative estimate of drug-likeness (QED) is 0.432. The molecule has 0 amide bonds. The van der Waals surface area contributed by atoms with Gasteiger partial charge < -0.3 is 9.84 Å². The predicted molar refractivity (Wildman–Crippen MR) is 140 cm³/mol. The minimum atomic E-state index is 0.0360. The fourth-order valence-electron chi connectivity index (χ4n) is 8.29. The summed E-state index contributed by atoms with van der Waals surface area (Å²) in [7, 11) is 1.81. The summed E-state index contributed by atoms with van der Waals surface area (Å²) in [5.74, 6) is 3.99. The van der Waals surface area contributed by atoms with Gasteiger partial charge in [-0.05, 0) is 113 Å². The molecule has 0 heterocycles. The molecule has 5 aliphatic rings. The molecule has 3 aromatic rings. The van der Waals surface area contributed by atoms with E-state index in [4.69, 9.17) is 4.74 Å². The van der Waals surface area contributed by atoms with Crippen molar-refractivity contribution in [3.05, 3.63) is 71.5 Å². The van der Waals surface area contributed by atoms with Crippen LogP contribution in [0.5, 0.6) is 5.75 Å². The van der Waals surface area contributed by atoms with Crippen LogP contribution < -0.4 is 4.74 Å². The van der Waals surface area contributed by atoms with Gasteiger partial charge in [-0.25, -0.2) is 0 Å². The summed E-state index contributed by atoms with van der Waals surface area (Å²) >= 11 is 0. The summed E-state index contributed by atoms with van der Waals surface area (Å²) in [6, 6.07) is 19.4. The van der Waals surface area contributed by atoms with Gasteiger partial charge in [-0.3, -0.25) is 4.79 Å². The number of benzene rings is 3. The molecule has 3 nitrogen and oxygen atoms in total. The number of aliphatic hydroxyl groups is 1. The molecule has 4 bridgehead atoms. The first-order valence-corrected chi connectivity index (χ1v) is 13.2. The Bertz CT molecular complexity index is 1360. The smallest absolute Gasteiger partial charge is 0.167 e. The highest BCUT2D eigenvalue weighted by molar-refractivity contribution is 6.23. The van der Waals surface area contributed by atoms with Crippen LogP contribution in [0.4, 0.5) is 0 Å². The zero-order valence-electron chi connectivity index (χ0n) is 20.3. The Hall–Kier alpha value is -3.07. The van der Waals surface area contributed by atoms with Crippen LogP contribution in [0, 0.1) is 17.8 Å². The lowest BCUT2D eigenvalue weighted by atomic mass is 9.48. The molecular formula is C32H32O3. The van der Waals surface area contributed by atoms with Gasteiger partial charge in [-0.15, -0.1) is 0 Å². The van der Waals surface area contributed by atoms with E-state index in [0.29, 0.717) is 18.4 Å². The first kappa shape index (κ1) is 21.2. The third-order valence-corrected chi connectivity index (χ3v) is 9.43. The lowest BCUT2D eigenvalue weighted by Gasteiger charge is -2.57. The number of ether oxygens (including phenoxy) is 1. The van der Waals surface area contributed by atoms with E-state index < -0.39 is 0 Å². The monoisotopic (exact) mass is 464 g/mol. The highest BCUT2D eigenvalue weighted by Gasteiger charge is 2.52. The van der Waals surface area contributed by atoms with Gasteiger partial charge in [-0.2, -0.15) is 0 Å². The van der Waals surface area contributed by atoms with Crippen LogP contribution in [0.2, 0.25) is 0 Å². The molecule has 178 valence electrons. The van der Waals surface area contributed by atoms with Crippen molar-refractivity contribution in [2.45, 2.75) is 56.8 Å². The molecule has 0 radical (unpaired) electrons. The number of aliphatic hydroxyl groups excluding tert-OH is 1. The van der Waals surface area contributed by atoms with Crippen molar-refractivity contribution in [2.75, 3.05) is 7.11 Å². The van der Waals surface area contributed by atoms with Crippen LogP contribution in [0.15, 0.2) is 60.4 Å². The van der Waals surface area contributed by atoms with Crippen LogP contribution >= 0.6 is 0 Å². The molecule has 8 rings (SSSR count). The molecule has 3 aromatic carbocycles. The van der Waals surface area contributed by atoms with Crippen LogP contribution in [-0.2, 0) is 10.2 Å². The van der Waals surface area contributed by atoms with Crippen molar-refractivity contribution in [3.63, 3.8) is 0 Å². The Balaban J connectivity index is 1.27. The normalized spacial score (nSPS) is 29.4. The fraction of sp³-hybridized carbons (Fsp3) is 0.406. The van der Waals surface area contributed by atoms with Crippen molar-refractivity contribution in [1.82, 2.24) is 0 Å². The van der Waals surface area contributed by atoms with E-state index >= 15 is 0 Å². The predicted octanol–water partition coefficient (Wildman–Crippen LogP) is 7.62. The van der Waals surface area contributed by atoms with Gasteiger partial charge in [-0.1, -0.05) is 30.3 Å². The largest absolute Gasteiger partial charge is 0.512 e. The third-order valence-electron chi connectivity index (χ3n) is 9.43. The van der Waals surface area contributed by atoms with E-state index in [2.05, 4.69) is 42.5 Å². The first-order chi connectivity index (χ1) is 17.0. The SMILES string of the molecule is COc1ccc(-c2ccc3cc(C4=C(O)CCC4=O)ccc3c2)cc1C12CC3CC(CC(C3)C1)C2. The van der Waals surface area contributed by atoms with Crippen LogP contribution in [0.3, 0.4) is 0 Å². The summed E-state index contributed by atoms with van der Waals surface area (Å²) in [6.07, 6.45) is 9.13. The van der Waals surface area contributed by atoms with Crippen molar-refractivity contribution in [2.24, 2.45) is 17.8 Å². The second-order valence-electron chi connectivity index (χ2n) is 11.6. The van der Waals surface area contributed by atoms with Gasteiger partial charge in [0.1, 0.15) is 11.5 Å². The average molecular weight is 465 g/mol. The molecule has 0 saturated heterocycles. The highest BCUT2D eigenvalue weighted by Crippen LogP contribution is 2.62. The molecule has 0 aromatic heterocycles. The Morgan fingerprint density at radius 3 is 1.94 bits per heavy atom. The topological polar surface area (TPSA) is 46.5 Å². The Morgan fingerprint density at radius 1 is 0.771 bits per heavy atom. The minimum Gasteiger partial charge on any atom is -0.512 e. The molecule has 0 aliphatic heterocycles. The number of methoxy groups -OCH3 is 1. The second kappa shape index (κ2) is 7.71. The minimum absolute atomic E-state index is 0.0360. The number of hydrogen-bond donors (Lipinski definition) is 1. The number of carbonyl (C=O) groups is 1. The van der Waals surface area contributed by atoms with Gasteiger partial charge in [0.25, 0.3) is 0 Å². The van der Waals surface area contributed by atoms with Crippen LogP contribution in [0.25, 0.3) is 27.5 Å². The summed E-state index contributed by atoms with van der Waals surface area (Å²) in [4.78, 5) is 12.2. The molecule has 4 saturated carbocycles. The van der Waals surface area contributed by atoms with Crippen molar-refractivity contribution >= 4 is 22.1 Å². The van der Waals surface area contributed by atoms with Gasteiger partial charge in [0.15, 0.2) is 5.78 Å². The van der Waals surface area contributed by atoms with Crippen molar-refractivity contribution in [3.8, 4) is 16.9 Å². The maximum Gasteiger partial charge on any atom is 0.167 e. The number of ketones is 1. The number of hydrogen-bond acceptors (Lipinski definition) is 3. The summed E-state index contributed by atoms with van der Waals surface area (Å²) < 4.78 is 5.92. The zero-order chi connectivity index (χ0) is 23.7. The Labute approximate surface area is 206 Å². The molecule has 35 heavy (non-hydrogen) atoms. The molecule has 4 fully saturated rings. The molecule has 1 N–H and O–H groups in total. The molecule has 3 heteroatoms. The van der Waals surface area contributed by atoms with E-state index in [1.54, 1.807) is 0 Å². The van der Waals surface area contributed by atoms with Crippen LogP contribution in [-0.4, -0.2) is 18.0 Å². The Kier molecular flexibility index (Phi) is 4.68. The van der Waals surface area contributed by atoms with Gasteiger partial charge in [0, 0.05) is 18.4 Å². The van der Waals surface area contributed by atoms with Gasteiger partial charge in [0.2, 0.25) is 0 Å². The number of Topliss-reactive ketones (excluding diaryl/α,β-unsaturated/α-hetero) is 1. The molecule has 5 aliphatic carbocycles. The lowest BCUT2D eigenvalue weighted by Crippen LogP contribution is -2.48. The van der Waals surface area contributed by atoms with E-state index in [-0.39, 0.29) is 17.0 Å². The standard InChI is InChI=1S/C32H32O3/c1-35-30-9-6-25(15-27(30)32-16-19-10-20(17-32)12-21(11-19)18-32)23-2-3-24-14-26(5-4-22(24)13-23)31-28(33)7-8-29(31)34/h2-6,9,13-15,19-21,33H,7-8,10-12,16-18H2,1H3.